The Bertz CT molecular complexity index is 644. The van der Waals surface area contributed by atoms with E-state index in [2.05, 4.69) is 4.98 Å². The number of hydrogen-bond donors (Lipinski definition) is 0. The highest BCUT2D eigenvalue weighted by molar-refractivity contribution is 6.32. The first-order valence-electron chi connectivity index (χ1n) is 5.46. The van der Waals surface area contributed by atoms with Gasteiger partial charge in [-0.2, -0.15) is 0 Å². The molecule has 0 aliphatic heterocycles. The first kappa shape index (κ1) is 13.5. The van der Waals surface area contributed by atoms with E-state index in [9.17, 15) is 9.18 Å². The van der Waals surface area contributed by atoms with Crippen LogP contribution in [0.15, 0.2) is 24.4 Å². The van der Waals surface area contributed by atoms with E-state index < -0.39 is 5.82 Å². The van der Waals surface area contributed by atoms with Crippen LogP contribution in [0.3, 0.4) is 0 Å². The lowest BCUT2D eigenvalue weighted by atomic mass is 9.99. The van der Waals surface area contributed by atoms with E-state index in [1.165, 1.54) is 25.4 Å². The van der Waals surface area contributed by atoms with Crippen LogP contribution in [0.1, 0.15) is 11.3 Å². The van der Waals surface area contributed by atoms with Gasteiger partial charge in [0.25, 0.3) is 0 Å². The van der Waals surface area contributed by atoms with E-state index in [0.717, 1.165) is 0 Å². The summed E-state index contributed by atoms with van der Waals surface area (Å²) in [6, 6.07) is 4.57. The van der Waals surface area contributed by atoms with Crippen molar-refractivity contribution in [2.24, 2.45) is 0 Å². The lowest BCUT2D eigenvalue weighted by Crippen LogP contribution is -1.98. The van der Waals surface area contributed by atoms with Crippen LogP contribution in [0.25, 0.3) is 11.1 Å². The van der Waals surface area contributed by atoms with Gasteiger partial charge in [0, 0.05) is 17.5 Å². The Morgan fingerprint density at radius 1 is 1.32 bits per heavy atom. The van der Waals surface area contributed by atoms with E-state index in [1.54, 1.807) is 19.3 Å². The third-order valence-corrected chi connectivity index (χ3v) is 3.08. The minimum atomic E-state index is -0.614. The predicted octanol–water partition coefficient (Wildman–Crippen LogP) is 3.32. The zero-order valence-electron chi connectivity index (χ0n) is 10.3. The summed E-state index contributed by atoms with van der Waals surface area (Å²) >= 11 is 5.84. The maximum atomic E-state index is 14.3. The van der Waals surface area contributed by atoms with Crippen LogP contribution in [0, 0.1) is 12.7 Å². The number of ether oxygens (including phenoxy) is 1. The van der Waals surface area contributed by atoms with E-state index in [4.69, 9.17) is 16.3 Å². The van der Waals surface area contributed by atoms with E-state index >= 15 is 0 Å². The van der Waals surface area contributed by atoms with Crippen LogP contribution < -0.4 is 4.74 Å². The van der Waals surface area contributed by atoms with Gasteiger partial charge in [-0.15, -0.1) is 0 Å². The van der Waals surface area contributed by atoms with Gasteiger partial charge in [-0.1, -0.05) is 11.6 Å². The second-order valence-corrected chi connectivity index (χ2v) is 4.27. The molecule has 0 saturated heterocycles. The molecule has 2 aromatic rings. The number of aromatic nitrogens is 1. The maximum Gasteiger partial charge on any atom is 0.236 e. The van der Waals surface area contributed by atoms with E-state index in [-0.39, 0.29) is 21.9 Å². The highest BCUT2D eigenvalue weighted by atomic mass is 35.5. The Kier molecular flexibility index (Phi) is 3.81. The molecule has 1 radical (unpaired) electrons. The first-order chi connectivity index (χ1) is 9.10. The third kappa shape index (κ3) is 2.31. The Hall–Kier alpha value is -1.94. The minimum Gasteiger partial charge on any atom is -0.492 e. The molecule has 0 aliphatic rings. The highest BCUT2D eigenvalue weighted by Gasteiger charge is 2.17. The van der Waals surface area contributed by atoms with Crippen molar-refractivity contribution in [3.63, 3.8) is 0 Å². The topological polar surface area (TPSA) is 39.2 Å². The average Bonchev–Trinajstić information content (AvgIpc) is 2.39. The fourth-order valence-corrected chi connectivity index (χ4v) is 2.07. The van der Waals surface area contributed by atoms with Crippen molar-refractivity contribution in [2.75, 3.05) is 7.11 Å². The smallest absolute Gasteiger partial charge is 0.236 e. The Morgan fingerprint density at radius 2 is 2.05 bits per heavy atom. The molecule has 5 heteroatoms. The van der Waals surface area contributed by atoms with Crippen molar-refractivity contribution >= 4 is 17.9 Å². The number of carbonyl (C=O) groups excluding carboxylic acids is 1. The van der Waals surface area contributed by atoms with Gasteiger partial charge in [0.15, 0.2) is 11.6 Å². The summed E-state index contributed by atoms with van der Waals surface area (Å²) in [5, 5.41) is 0.172. The number of methoxy groups -OCH3 is 1. The van der Waals surface area contributed by atoms with Gasteiger partial charge in [-0.25, -0.2) is 4.39 Å². The summed E-state index contributed by atoms with van der Waals surface area (Å²) in [6.07, 6.45) is 3.29. The van der Waals surface area contributed by atoms with E-state index in [1.807, 2.05) is 0 Å². The van der Waals surface area contributed by atoms with Crippen LogP contribution in [0.5, 0.6) is 5.75 Å². The molecule has 0 bridgehead atoms. The molecule has 0 saturated carbocycles. The number of hydrogen-bond acceptors (Lipinski definition) is 3. The fourth-order valence-electron chi connectivity index (χ4n) is 1.85. The molecule has 0 unspecified atom stereocenters. The van der Waals surface area contributed by atoms with Gasteiger partial charge in [0.05, 0.1) is 17.7 Å². The maximum absolute atomic E-state index is 14.3. The lowest BCUT2D eigenvalue weighted by Gasteiger charge is -2.11. The molecule has 0 spiro atoms. The van der Waals surface area contributed by atoms with Gasteiger partial charge in [0.2, 0.25) is 6.29 Å². The summed E-state index contributed by atoms with van der Waals surface area (Å²) < 4.78 is 19.2. The molecule has 0 amide bonds. The Morgan fingerprint density at radius 3 is 2.68 bits per heavy atom. The Balaban J connectivity index is 2.73. The minimum absolute atomic E-state index is 0.0505. The van der Waals surface area contributed by atoms with Gasteiger partial charge in [-0.3, -0.25) is 9.78 Å². The summed E-state index contributed by atoms with van der Waals surface area (Å²) in [4.78, 5) is 15.0. The number of nitrogens with zero attached hydrogens (tertiary/aromatic N) is 1. The lowest BCUT2D eigenvalue weighted by molar-refractivity contribution is 0.387. The van der Waals surface area contributed by atoms with Gasteiger partial charge >= 0.3 is 0 Å². The molecule has 0 N–H and O–H groups in total. The largest absolute Gasteiger partial charge is 0.492 e. The molecular weight excluding hydrogens is 269 g/mol. The van der Waals surface area contributed by atoms with Crippen molar-refractivity contribution in [1.29, 1.82) is 0 Å². The van der Waals surface area contributed by atoms with Crippen LogP contribution in [0.4, 0.5) is 4.39 Å². The number of benzene rings is 1. The van der Waals surface area contributed by atoms with Crippen LogP contribution in [-0.4, -0.2) is 18.4 Å². The standard InChI is InChI=1S/C14H10ClFNO2/c1-8-11(7-18)9(5-6-17-8)10-3-4-12(15)14(19-2)13(10)16/h3-6H,1-2H3. The SMILES string of the molecule is COc1c(Cl)ccc(-c2ccnc(C)c2[C]=O)c1F. The summed E-state index contributed by atoms with van der Waals surface area (Å²) in [5.74, 6) is -0.664. The number of aryl methyl sites for hydroxylation is 1. The number of halogens is 2. The molecule has 0 fully saturated rings. The first-order valence-corrected chi connectivity index (χ1v) is 5.84. The van der Waals surface area contributed by atoms with Crippen molar-refractivity contribution < 1.29 is 13.9 Å². The van der Waals surface area contributed by atoms with E-state index in [0.29, 0.717) is 11.3 Å². The Labute approximate surface area is 115 Å². The molecule has 1 aromatic carbocycles. The van der Waals surface area contributed by atoms with Crippen molar-refractivity contribution in [2.45, 2.75) is 6.92 Å². The zero-order chi connectivity index (χ0) is 14.0. The fraction of sp³-hybridized carbons (Fsp3) is 0.143. The van der Waals surface area contributed by atoms with Crippen LogP contribution in [0.2, 0.25) is 5.02 Å². The molecule has 2 rings (SSSR count). The molecule has 3 nitrogen and oxygen atoms in total. The predicted molar refractivity (Wildman–Crippen MR) is 70.7 cm³/mol. The number of rotatable bonds is 3. The third-order valence-electron chi connectivity index (χ3n) is 2.79. The summed E-state index contributed by atoms with van der Waals surface area (Å²) in [6.45, 7) is 1.66. The monoisotopic (exact) mass is 278 g/mol. The summed E-state index contributed by atoms with van der Waals surface area (Å²) in [7, 11) is 1.33. The van der Waals surface area contributed by atoms with Crippen molar-refractivity contribution in [3.8, 4) is 16.9 Å². The normalized spacial score (nSPS) is 10.3. The van der Waals surface area contributed by atoms with Crippen molar-refractivity contribution in [1.82, 2.24) is 4.98 Å². The molecule has 1 aromatic heterocycles. The molecular formula is C14H10ClFNO2. The summed E-state index contributed by atoms with van der Waals surface area (Å²) in [5.41, 5.74) is 1.35. The van der Waals surface area contributed by atoms with Gasteiger partial charge in [0.1, 0.15) is 0 Å². The van der Waals surface area contributed by atoms with Gasteiger partial charge < -0.3 is 4.74 Å². The van der Waals surface area contributed by atoms with Crippen molar-refractivity contribution in [3.05, 3.63) is 46.5 Å². The van der Waals surface area contributed by atoms with Crippen LogP contribution in [-0.2, 0) is 4.79 Å². The zero-order valence-corrected chi connectivity index (χ0v) is 11.1. The highest BCUT2D eigenvalue weighted by Crippen LogP contribution is 2.36. The van der Waals surface area contributed by atoms with Crippen LogP contribution >= 0.6 is 11.6 Å². The average molecular weight is 279 g/mol. The number of pyridine rings is 1. The van der Waals surface area contributed by atoms with Gasteiger partial charge in [-0.05, 0) is 30.7 Å². The quantitative estimate of drug-likeness (QED) is 0.864. The molecule has 97 valence electrons. The molecule has 0 atom stereocenters. The second kappa shape index (κ2) is 5.36. The molecule has 0 aliphatic carbocycles. The second-order valence-electron chi connectivity index (χ2n) is 3.86. The molecule has 19 heavy (non-hydrogen) atoms. The molecule has 1 heterocycles.